The van der Waals surface area contributed by atoms with E-state index in [1.807, 2.05) is 60.7 Å². The van der Waals surface area contributed by atoms with Crippen LogP contribution >= 0.6 is 11.6 Å². The topological polar surface area (TPSA) is 45.2 Å². The lowest BCUT2D eigenvalue weighted by atomic mass is 10.1. The van der Waals surface area contributed by atoms with E-state index < -0.39 is 0 Å². The van der Waals surface area contributed by atoms with Gasteiger partial charge in [-0.3, -0.25) is 9.78 Å². The molecule has 5 heteroatoms. The smallest absolute Gasteiger partial charge is 0.272 e. The zero-order valence-electron chi connectivity index (χ0n) is 15.2. The van der Waals surface area contributed by atoms with Crippen molar-refractivity contribution in [2.24, 2.45) is 0 Å². The summed E-state index contributed by atoms with van der Waals surface area (Å²) in [6.07, 6.45) is 2.53. The van der Waals surface area contributed by atoms with Gasteiger partial charge in [0.15, 0.2) is 0 Å². The van der Waals surface area contributed by atoms with Crippen LogP contribution in [-0.2, 0) is 13.0 Å². The summed E-state index contributed by atoms with van der Waals surface area (Å²) in [4.78, 5) is 18.6. The Morgan fingerprint density at radius 3 is 2.52 bits per heavy atom. The standard InChI is InChI=1S/C22H22ClN3O/c1-26(16-18-5-3-2-4-6-18)22(27)21-15-20(12-14-25-21)24-13-11-17-7-9-19(23)10-8-17/h2-10,12,14-15H,11,13,16H2,1H3,(H,24,25). The molecule has 138 valence electrons. The Hall–Kier alpha value is -2.85. The number of benzene rings is 2. The highest BCUT2D eigenvalue weighted by Gasteiger charge is 2.14. The Morgan fingerprint density at radius 2 is 1.78 bits per heavy atom. The fourth-order valence-electron chi connectivity index (χ4n) is 2.78. The Kier molecular flexibility index (Phi) is 6.44. The maximum Gasteiger partial charge on any atom is 0.272 e. The lowest BCUT2D eigenvalue weighted by Gasteiger charge is -2.17. The maximum absolute atomic E-state index is 12.7. The van der Waals surface area contributed by atoms with Crippen LogP contribution in [0, 0.1) is 0 Å². The number of aromatic nitrogens is 1. The Bertz CT molecular complexity index is 882. The molecule has 0 atom stereocenters. The first-order chi connectivity index (χ1) is 13.1. The number of amides is 1. The van der Waals surface area contributed by atoms with Gasteiger partial charge in [0.1, 0.15) is 5.69 Å². The van der Waals surface area contributed by atoms with Crippen molar-refractivity contribution in [2.45, 2.75) is 13.0 Å². The van der Waals surface area contributed by atoms with E-state index in [2.05, 4.69) is 10.3 Å². The summed E-state index contributed by atoms with van der Waals surface area (Å²) in [6, 6.07) is 21.4. The van der Waals surface area contributed by atoms with Crippen LogP contribution in [0.5, 0.6) is 0 Å². The summed E-state index contributed by atoms with van der Waals surface area (Å²) in [6.45, 7) is 1.31. The summed E-state index contributed by atoms with van der Waals surface area (Å²) < 4.78 is 0. The maximum atomic E-state index is 12.7. The summed E-state index contributed by atoms with van der Waals surface area (Å²) >= 11 is 5.91. The number of halogens is 1. The van der Waals surface area contributed by atoms with E-state index in [0.717, 1.165) is 29.2 Å². The molecule has 4 nitrogen and oxygen atoms in total. The van der Waals surface area contributed by atoms with Gasteiger partial charge >= 0.3 is 0 Å². The van der Waals surface area contributed by atoms with Crippen LogP contribution < -0.4 is 5.32 Å². The van der Waals surface area contributed by atoms with Gasteiger partial charge in [0.25, 0.3) is 5.91 Å². The van der Waals surface area contributed by atoms with Crippen molar-refractivity contribution >= 4 is 23.2 Å². The van der Waals surface area contributed by atoms with E-state index in [1.165, 1.54) is 5.56 Å². The third-order valence-electron chi connectivity index (χ3n) is 4.24. The molecule has 1 N–H and O–H groups in total. The molecule has 0 fully saturated rings. The number of carbonyl (C=O) groups is 1. The normalized spacial score (nSPS) is 10.4. The predicted molar refractivity (Wildman–Crippen MR) is 110 cm³/mol. The largest absolute Gasteiger partial charge is 0.385 e. The van der Waals surface area contributed by atoms with Crippen LogP contribution in [0.2, 0.25) is 5.02 Å². The number of anilines is 1. The third kappa shape index (κ3) is 5.56. The summed E-state index contributed by atoms with van der Waals surface area (Å²) in [5.74, 6) is -0.0970. The Balaban J connectivity index is 1.57. The number of pyridine rings is 1. The number of nitrogens with zero attached hydrogens (tertiary/aromatic N) is 2. The quantitative estimate of drug-likeness (QED) is 0.649. The minimum atomic E-state index is -0.0970. The molecule has 0 aliphatic carbocycles. The summed E-state index contributed by atoms with van der Waals surface area (Å²) in [5, 5.41) is 4.09. The molecule has 1 heterocycles. The molecule has 27 heavy (non-hydrogen) atoms. The Labute approximate surface area is 164 Å². The van der Waals surface area contributed by atoms with Crippen molar-refractivity contribution in [3.63, 3.8) is 0 Å². The van der Waals surface area contributed by atoms with Crippen molar-refractivity contribution in [1.82, 2.24) is 9.88 Å². The fraction of sp³-hybridized carbons (Fsp3) is 0.182. The highest BCUT2D eigenvalue weighted by Crippen LogP contribution is 2.13. The summed E-state index contributed by atoms with van der Waals surface area (Å²) in [5.41, 5.74) is 3.62. The molecule has 0 aliphatic heterocycles. The minimum Gasteiger partial charge on any atom is -0.385 e. The minimum absolute atomic E-state index is 0.0970. The van der Waals surface area contributed by atoms with Gasteiger partial charge in [-0.2, -0.15) is 0 Å². The molecule has 2 aromatic carbocycles. The van der Waals surface area contributed by atoms with Crippen LogP contribution in [0.3, 0.4) is 0 Å². The molecule has 0 bridgehead atoms. The lowest BCUT2D eigenvalue weighted by molar-refractivity contribution is 0.0779. The van der Waals surface area contributed by atoms with Gasteiger partial charge < -0.3 is 10.2 Å². The number of carbonyl (C=O) groups excluding carboxylic acids is 1. The third-order valence-corrected chi connectivity index (χ3v) is 4.50. The average Bonchev–Trinajstić information content (AvgIpc) is 2.70. The molecule has 1 aromatic heterocycles. The fourth-order valence-corrected chi connectivity index (χ4v) is 2.91. The van der Waals surface area contributed by atoms with E-state index in [9.17, 15) is 4.79 Å². The zero-order chi connectivity index (χ0) is 19.1. The second-order valence-corrected chi connectivity index (χ2v) is 6.82. The number of hydrogen-bond donors (Lipinski definition) is 1. The first-order valence-corrected chi connectivity index (χ1v) is 9.23. The van der Waals surface area contributed by atoms with E-state index in [-0.39, 0.29) is 5.91 Å². The molecular weight excluding hydrogens is 358 g/mol. The van der Waals surface area contributed by atoms with Crippen LogP contribution in [0.15, 0.2) is 72.9 Å². The number of hydrogen-bond acceptors (Lipinski definition) is 3. The molecule has 3 aromatic rings. The molecule has 3 rings (SSSR count). The van der Waals surface area contributed by atoms with Gasteiger partial charge in [-0.1, -0.05) is 54.1 Å². The molecule has 1 amide bonds. The molecule has 0 aliphatic rings. The predicted octanol–water partition coefficient (Wildman–Crippen LogP) is 4.66. The van der Waals surface area contributed by atoms with E-state index in [1.54, 1.807) is 24.2 Å². The first kappa shape index (κ1) is 18.9. The second kappa shape index (κ2) is 9.19. The van der Waals surface area contributed by atoms with Crippen LogP contribution in [-0.4, -0.2) is 29.4 Å². The molecule has 0 spiro atoms. The zero-order valence-corrected chi connectivity index (χ0v) is 16.0. The monoisotopic (exact) mass is 379 g/mol. The van der Waals surface area contributed by atoms with Gasteiger partial charge in [-0.15, -0.1) is 0 Å². The highest BCUT2D eigenvalue weighted by atomic mass is 35.5. The van der Waals surface area contributed by atoms with Crippen LogP contribution in [0.25, 0.3) is 0 Å². The Morgan fingerprint density at radius 1 is 1.04 bits per heavy atom. The van der Waals surface area contributed by atoms with E-state index >= 15 is 0 Å². The van der Waals surface area contributed by atoms with Gasteiger partial charge in [-0.05, 0) is 41.8 Å². The van der Waals surface area contributed by atoms with Crippen molar-refractivity contribution in [3.8, 4) is 0 Å². The van der Waals surface area contributed by atoms with Gasteiger partial charge in [-0.25, -0.2) is 0 Å². The van der Waals surface area contributed by atoms with Crippen molar-refractivity contribution in [2.75, 3.05) is 18.9 Å². The highest BCUT2D eigenvalue weighted by molar-refractivity contribution is 6.30. The van der Waals surface area contributed by atoms with Gasteiger partial charge in [0.05, 0.1) is 0 Å². The van der Waals surface area contributed by atoms with E-state index in [0.29, 0.717) is 12.2 Å². The molecular formula is C22H22ClN3O. The molecule has 0 saturated carbocycles. The SMILES string of the molecule is CN(Cc1ccccc1)C(=O)c1cc(NCCc2ccc(Cl)cc2)ccn1. The second-order valence-electron chi connectivity index (χ2n) is 6.38. The van der Waals surface area contributed by atoms with Crippen molar-refractivity contribution < 1.29 is 4.79 Å². The van der Waals surface area contributed by atoms with Crippen molar-refractivity contribution in [3.05, 3.63) is 94.8 Å². The molecule has 0 radical (unpaired) electrons. The van der Waals surface area contributed by atoms with Gasteiger partial charge in [0.2, 0.25) is 0 Å². The number of nitrogens with one attached hydrogen (secondary N) is 1. The van der Waals surface area contributed by atoms with Crippen LogP contribution in [0.1, 0.15) is 21.6 Å². The summed E-state index contributed by atoms with van der Waals surface area (Å²) in [7, 11) is 1.79. The van der Waals surface area contributed by atoms with Crippen molar-refractivity contribution in [1.29, 1.82) is 0 Å². The van der Waals surface area contributed by atoms with Crippen LogP contribution in [0.4, 0.5) is 5.69 Å². The first-order valence-electron chi connectivity index (χ1n) is 8.85. The molecule has 0 saturated heterocycles. The van der Waals surface area contributed by atoms with Gasteiger partial charge in [0, 0.05) is 37.0 Å². The molecule has 0 unspecified atom stereocenters. The average molecular weight is 380 g/mol. The number of rotatable bonds is 7. The lowest BCUT2D eigenvalue weighted by Crippen LogP contribution is -2.27. The van der Waals surface area contributed by atoms with E-state index in [4.69, 9.17) is 11.6 Å².